The number of rotatable bonds is 8. The van der Waals surface area contributed by atoms with Crippen LogP contribution in [0.5, 0.6) is 0 Å². The summed E-state index contributed by atoms with van der Waals surface area (Å²) in [7, 11) is 0. The van der Waals surface area contributed by atoms with E-state index in [4.69, 9.17) is 0 Å². The molecule has 0 heterocycles. The van der Waals surface area contributed by atoms with E-state index in [0.717, 1.165) is 12.2 Å². The van der Waals surface area contributed by atoms with Crippen LogP contribution in [0.3, 0.4) is 0 Å². The van der Waals surface area contributed by atoms with E-state index >= 15 is 0 Å². The predicted molar refractivity (Wildman–Crippen MR) is 61.6 cm³/mol. The van der Waals surface area contributed by atoms with Gasteiger partial charge in [-0.1, -0.05) is 13.2 Å². The zero-order valence-electron chi connectivity index (χ0n) is 11.0. The van der Waals surface area contributed by atoms with Crippen LogP contribution in [0, 0.1) is 0 Å². The minimum absolute atomic E-state index is 0. The van der Waals surface area contributed by atoms with Crippen LogP contribution in [0.2, 0.25) is 0 Å². The second-order valence-corrected chi connectivity index (χ2v) is 2.99. The fourth-order valence-corrected chi connectivity index (χ4v) is 0.588. The number of ether oxygens (including phenoxy) is 2. The molecule has 0 aliphatic rings. The van der Waals surface area contributed by atoms with Crippen LogP contribution in [-0.2, 0) is 45.7 Å². The van der Waals surface area contributed by atoms with E-state index in [-0.39, 0.29) is 43.1 Å². The molecule has 0 amide bonds. The molecule has 0 saturated heterocycles. The molecular weight excluding hydrogens is 336 g/mol. The van der Waals surface area contributed by atoms with Crippen LogP contribution in [-0.4, -0.2) is 37.1 Å². The molecule has 8 nitrogen and oxygen atoms in total. The smallest absolute Gasteiger partial charge is 0.550 e. The molecule has 0 N–H and O–H groups in total. The van der Waals surface area contributed by atoms with Crippen LogP contribution in [0.25, 0.3) is 0 Å². The fourth-order valence-electron chi connectivity index (χ4n) is 0.588. The first-order valence-corrected chi connectivity index (χ1v) is 5.31. The van der Waals surface area contributed by atoms with Crippen molar-refractivity contribution >= 4 is 23.9 Å². The molecule has 9 heteroatoms. The van der Waals surface area contributed by atoms with Crippen molar-refractivity contribution in [3.05, 3.63) is 25.3 Å². The summed E-state index contributed by atoms with van der Waals surface area (Å²) >= 11 is 0. The van der Waals surface area contributed by atoms with Gasteiger partial charge in [0.15, 0.2) is 0 Å². The molecule has 0 aliphatic heterocycles. The first kappa shape index (κ1) is 23.9. The molecule has 1 radical (unpaired) electrons. The Labute approximate surface area is 131 Å². The number of carbonyl (C=O) groups excluding carboxylic acids is 4. The number of carboxylic acid groups (broad SMARTS) is 2. The van der Waals surface area contributed by atoms with Gasteiger partial charge in [0.2, 0.25) is 0 Å². The number of esters is 2. The van der Waals surface area contributed by atoms with Gasteiger partial charge >= 0.3 is 29.0 Å². The van der Waals surface area contributed by atoms with Gasteiger partial charge in [-0.3, -0.25) is 0 Å². The average Bonchev–Trinajstić information content (AvgIpc) is 2.38. The molecule has 0 aromatic rings. The molecule has 21 heavy (non-hydrogen) atoms. The SMILES string of the molecule is C=CC(=O)OCCC(=O)[O-].C=CC(=O)OCCC(=O)[O-].[Cu+2]. The van der Waals surface area contributed by atoms with E-state index in [1.807, 2.05) is 0 Å². The first-order valence-electron chi connectivity index (χ1n) is 5.31. The van der Waals surface area contributed by atoms with Crippen LogP contribution >= 0.6 is 0 Å². The van der Waals surface area contributed by atoms with Gasteiger partial charge in [0.05, 0.1) is 13.2 Å². The maximum absolute atomic E-state index is 10.2. The number of carboxylic acids is 2. The van der Waals surface area contributed by atoms with E-state index in [1.54, 1.807) is 0 Å². The third-order valence-corrected chi connectivity index (χ3v) is 1.43. The molecule has 0 saturated carbocycles. The van der Waals surface area contributed by atoms with E-state index < -0.39 is 23.9 Å². The van der Waals surface area contributed by atoms with Crippen molar-refractivity contribution in [2.24, 2.45) is 0 Å². The molecule has 0 aromatic carbocycles. The van der Waals surface area contributed by atoms with Crippen molar-refractivity contribution in [1.29, 1.82) is 0 Å². The van der Waals surface area contributed by atoms with Crippen LogP contribution in [0.4, 0.5) is 0 Å². The maximum atomic E-state index is 10.2. The quantitative estimate of drug-likeness (QED) is 0.271. The molecule has 0 aliphatic carbocycles. The summed E-state index contributed by atoms with van der Waals surface area (Å²) in [4.78, 5) is 40.0. The monoisotopic (exact) mass is 349 g/mol. The van der Waals surface area contributed by atoms with Crippen molar-refractivity contribution in [3.63, 3.8) is 0 Å². The van der Waals surface area contributed by atoms with Crippen molar-refractivity contribution in [2.45, 2.75) is 12.8 Å². The zero-order chi connectivity index (χ0) is 16.0. The average molecular weight is 350 g/mol. The van der Waals surface area contributed by atoms with Crippen molar-refractivity contribution in [1.82, 2.24) is 0 Å². The van der Waals surface area contributed by atoms with Crippen molar-refractivity contribution in [3.8, 4) is 0 Å². The largest absolute Gasteiger partial charge is 2.00 e. The third-order valence-electron chi connectivity index (χ3n) is 1.43. The van der Waals surface area contributed by atoms with Crippen LogP contribution in [0.15, 0.2) is 25.3 Å². The summed E-state index contributed by atoms with van der Waals surface area (Å²) < 4.78 is 8.65. The Bertz CT molecular complexity index is 341. The Morgan fingerprint density at radius 3 is 1.29 bits per heavy atom. The van der Waals surface area contributed by atoms with Gasteiger partial charge in [-0.05, 0) is 0 Å². The Hall–Kier alpha value is -2.12. The number of hydrogen-bond donors (Lipinski definition) is 0. The van der Waals surface area contributed by atoms with Gasteiger partial charge < -0.3 is 29.3 Å². The second-order valence-electron chi connectivity index (χ2n) is 2.99. The summed E-state index contributed by atoms with van der Waals surface area (Å²) in [6.07, 6.45) is 1.38. The predicted octanol–water partition coefficient (Wildman–Crippen LogP) is -2.29. The Kier molecular flexibility index (Phi) is 18.2. The molecule has 0 unspecified atom stereocenters. The zero-order valence-corrected chi connectivity index (χ0v) is 11.9. The van der Waals surface area contributed by atoms with Gasteiger partial charge in [0, 0.05) is 36.9 Å². The van der Waals surface area contributed by atoms with Gasteiger partial charge in [-0.2, -0.15) is 0 Å². The summed E-state index contributed by atoms with van der Waals surface area (Å²) in [6.45, 7) is 5.92. The second kappa shape index (κ2) is 15.9. The van der Waals surface area contributed by atoms with Crippen LogP contribution in [0.1, 0.15) is 12.8 Å². The fraction of sp³-hybridized carbons (Fsp3) is 0.333. The van der Waals surface area contributed by atoms with Crippen molar-refractivity contribution < 1.29 is 55.9 Å². The molecule has 0 spiro atoms. The summed E-state index contributed by atoms with van der Waals surface area (Å²) in [6, 6.07) is 0. The van der Waals surface area contributed by atoms with E-state index in [0.29, 0.717) is 0 Å². The molecule has 0 bridgehead atoms. The molecule has 0 fully saturated rings. The normalized spacial score (nSPS) is 8.00. The maximum Gasteiger partial charge on any atom is 2.00 e. The number of carbonyl (C=O) groups is 4. The minimum Gasteiger partial charge on any atom is -0.550 e. The molecule has 0 rings (SSSR count). The molecular formula is C12H14CuO8. The molecule has 121 valence electrons. The summed E-state index contributed by atoms with van der Waals surface area (Å²) in [5, 5.41) is 19.5. The number of hydrogen-bond acceptors (Lipinski definition) is 8. The van der Waals surface area contributed by atoms with Gasteiger partial charge in [-0.25, -0.2) is 9.59 Å². The van der Waals surface area contributed by atoms with Gasteiger partial charge in [-0.15, -0.1) is 0 Å². The summed E-state index contributed by atoms with van der Waals surface area (Å²) in [5.74, 6) is -3.73. The van der Waals surface area contributed by atoms with E-state index in [9.17, 15) is 29.4 Å². The van der Waals surface area contributed by atoms with Gasteiger partial charge in [0.25, 0.3) is 0 Å². The van der Waals surface area contributed by atoms with E-state index in [2.05, 4.69) is 22.6 Å². The van der Waals surface area contributed by atoms with Crippen molar-refractivity contribution in [2.75, 3.05) is 13.2 Å². The Morgan fingerprint density at radius 2 is 1.10 bits per heavy atom. The first-order chi connectivity index (χ1) is 9.33. The number of aliphatic carboxylic acids is 2. The molecule has 0 atom stereocenters. The van der Waals surface area contributed by atoms with E-state index in [1.165, 1.54) is 0 Å². The summed E-state index contributed by atoms with van der Waals surface area (Å²) in [5.41, 5.74) is 0. The minimum atomic E-state index is -1.24. The topological polar surface area (TPSA) is 133 Å². The Balaban J connectivity index is -0.000000295. The van der Waals surface area contributed by atoms with Crippen LogP contribution < -0.4 is 10.2 Å². The molecule has 0 aromatic heterocycles. The third kappa shape index (κ3) is 23.4. The standard InChI is InChI=1S/2C6H8O4.Cu/c2*1-2-6(9)10-4-3-5(7)8;/h2*2H,1,3-4H2,(H,7,8);/q;;+2/p-2. The Morgan fingerprint density at radius 1 is 0.810 bits per heavy atom. The van der Waals surface area contributed by atoms with Gasteiger partial charge in [0.1, 0.15) is 0 Å².